The van der Waals surface area contributed by atoms with Gasteiger partial charge in [0.25, 0.3) is 0 Å². The van der Waals surface area contributed by atoms with Gasteiger partial charge in [-0.1, -0.05) is 28.1 Å². The molecule has 9 heteroatoms. The molecule has 0 fully saturated rings. The Hall–Kier alpha value is -2.68. The summed E-state index contributed by atoms with van der Waals surface area (Å²) in [6.07, 6.45) is 2.49. The smallest absolute Gasteiger partial charge is 0.414 e. The van der Waals surface area contributed by atoms with Crippen molar-refractivity contribution >= 4 is 39.4 Å². The van der Waals surface area contributed by atoms with Crippen LogP contribution < -0.4 is 10.6 Å². The molecule has 0 bridgehead atoms. The lowest BCUT2D eigenvalue weighted by Crippen LogP contribution is -2.19. The standard InChI is InChI=1S/C16H17BrN6O2/c1-10(2)25-16(24)20-15-22-21-14-13(18-7-8-23(14)15)19-9-11-3-5-12(17)6-4-11/h3-8,10H,9H2,1-2H3,(H,18,19)(H,20,22,24). The summed E-state index contributed by atoms with van der Waals surface area (Å²) < 4.78 is 7.71. The van der Waals surface area contributed by atoms with Gasteiger partial charge in [-0.3, -0.25) is 9.72 Å². The van der Waals surface area contributed by atoms with Gasteiger partial charge >= 0.3 is 6.09 Å². The van der Waals surface area contributed by atoms with Crippen LogP contribution >= 0.6 is 15.9 Å². The number of carbonyl (C=O) groups is 1. The Morgan fingerprint density at radius 2 is 2.04 bits per heavy atom. The first kappa shape index (κ1) is 17.2. The molecule has 0 aliphatic heterocycles. The minimum atomic E-state index is -0.578. The molecule has 0 unspecified atom stereocenters. The van der Waals surface area contributed by atoms with Crippen LogP contribution in [-0.4, -0.2) is 31.8 Å². The number of ether oxygens (including phenoxy) is 1. The summed E-state index contributed by atoms with van der Waals surface area (Å²) >= 11 is 3.41. The monoisotopic (exact) mass is 404 g/mol. The quantitative estimate of drug-likeness (QED) is 0.676. The molecule has 0 aliphatic carbocycles. The first-order valence-corrected chi connectivity index (χ1v) is 8.48. The normalized spacial score (nSPS) is 10.9. The van der Waals surface area contributed by atoms with E-state index in [1.807, 2.05) is 24.3 Å². The second-order valence-electron chi connectivity index (χ2n) is 5.55. The van der Waals surface area contributed by atoms with Crippen LogP contribution in [0.2, 0.25) is 0 Å². The van der Waals surface area contributed by atoms with Crippen molar-refractivity contribution in [1.82, 2.24) is 19.6 Å². The Balaban J connectivity index is 1.76. The van der Waals surface area contributed by atoms with Crippen LogP contribution in [0.15, 0.2) is 41.1 Å². The van der Waals surface area contributed by atoms with Gasteiger partial charge in [-0.15, -0.1) is 10.2 Å². The summed E-state index contributed by atoms with van der Waals surface area (Å²) in [7, 11) is 0. The van der Waals surface area contributed by atoms with E-state index in [1.165, 1.54) is 0 Å². The molecular weight excluding hydrogens is 388 g/mol. The van der Waals surface area contributed by atoms with E-state index < -0.39 is 6.09 Å². The number of nitrogens with one attached hydrogen (secondary N) is 2. The number of benzene rings is 1. The third-order valence-electron chi connectivity index (χ3n) is 3.26. The van der Waals surface area contributed by atoms with Crippen molar-refractivity contribution in [3.8, 4) is 0 Å². The van der Waals surface area contributed by atoms with Crippen molar-refractivity contribution in [1.29, 1.82) is 0 Å². The van der Waals surface area contributed by atoms with E-state index >= 15 is 0 Å². The maximum Gasteiger partial charge on any atom is 0.414 e. The highest BCUT2D eigenvalue weighted by atomic mass is 79.9. The first-order chi connectivity index (χ1) is 12.0. The molecule has 3 rings (SSSR count). The highest BCUT2D eigenvalue weighted by Gasteiger charge is 2.14. The summed E-state index contributed by atoms with van der Waals surface area (Å²) in [6, 6.07) is 7.97. The predicted octanol–water partition coefficient (Wildman–Crippen LogP) is 3.46. The van der Waals surface area contributed by atoms with Crippen LogP contribution in [-0.2, 0) is 11.3 Å². The van der Waals surface area contributed by atoms with E-state index in [9.17, 15) is 4.79 Å². The van der Waals surface area contributed by atoms with Gasteiger partial charge in [0.15, 0.2) is 5.82 Å². The zero-order valence-corrected chi connectivity index (χ0v) is 15.3. The molecule has 0 atom stereocenters. The van der Waals surface area contributed by atoms with Gasteiger partial charge in [0.05, 0.1) is 6.10 Å². The van der Waals surface area contributed by atoms with Crippen LogP contribution in [0.25, 0.3) is 5.65 Å². The SMILES string of the molecule is CC(C)OC(=O)Nc1nnc2c(NCc3ccc(Br)cc3)nccn12. The van der Waals surface area contributed by atoms with E-state index in [-0.39, 0.29) is 12.1 Å². The molecule has 0 saturated carbocycles. The summed E-state index contributed by atoms with van der Waals surface area (Å²) in [4.78, 5) is 16.0. The lowest BCUT2D eigenvalue weighted by atomic mass is 10.2. The van der Waals surface area contributed by atoms with E-state index in [2.05, 4.69) is 41.7 Å². The van der Waals surface area contributed by atoms with Gasteiger partial charge in [-0.25, -0.2) is 9.78 Å². The van der Waals surface area contributed by atoms with Gasteiger partial charge < -0.3 is 10.1 Å². The van der Waals surface area contributed by atoms with Crippen LogP contribution in [0.4, 0.5) is 16.6 Å². The molecule has 0 spiro atoms. The molecule has 2 heterocycles. The van der Waals surface area contributed by atoms with Crippen molar-refractivity contribution in [3.63, 3.8) is 0 Å². The number of rotatable bonds is 5. The van der Waals surface area contributed by atoms with E-state index in [0.717, 1.165) is 10.0 Å². The lowest BCUT2D eigenvalue weighted by Gasteiger charge is -2.09. The Kier molecular flexibility index (Phi) is 5.13. The zero-order valence-electron chi connectivity index (χ0n) is 13.7. The van der Waals surface area contributed by atoms with Crippen molar-refractivity contribution in [3.05, 3.63) is 46.7 Å². The molecule has 3 aromatic rings. The number of anilines is 2. The van der Waals surface area contributed by atoms with Crippen molar-refractivity contribution in [2.75, 3.05) is 10.6 Å². The predicted molar refractivity (Wildman–Crippen MR) is 97.5 cm³/mol. The molecule has 130 valence electrons. The molecule has 25 heavy (non-hydrogen) atoms. The topological polar surface area (TPSA) is 93.4 Å². The van der Waals surface area contributed by atoms with Crippen LogP contribution in [0, 0.1) is 0 Å². The van der Waals surface area contributed by atoms with Gasteiger partial charge in [0.2, 0.25) is 11.6 Å². The Bertz CT molecular complexity index is 878. The number of amides is 1. The summed E-state index contributed by atoms with van der Waals surface area (Å²) in [5, 5.41) is 13.9. The molecule has 2 N–H and O–H groups in total. The van der Waals surface area contributed by atoms with Crippen LogP contribution in [0.3, 0.4) is 0 Å². The number of fused-ring (bicyclic) bond motifs is 1. The summed E-state index contributed by atoms with van der Waals surface area (Å²) in [5.74, 6) is 0.845. The van der Waals surface area contributed by atoms with E-state index in [4.69, 9.17) is 4.74 Å². The molecule has 1 amide bonds. The van der Waals surface area contributed by atoms with Crippen LogP contribution in [0.1, 0.15) is 19.4 Å². The minimum absolute atomic E-state index is 0.219. The average molecular weight is 405 g/mol. The third-order valence-corrected chi connectivity index (χ3v) is 3.79. The fraction of sp³-hybridized carbons (Fsp3) is 0.250. The number of nitrogens with zero attached hydrogens (tertiary/aromatic N) is 4. The summed E-state index contributed by atoms with van der Waals surface area (Å²) in [6.45, 7) is 4.14. The Morgan fingerprint density at radius 3 is 2.76 bits per heavy atom. The highest BCUT2D eigenvalue weighted by molar-refractivity contribution is 9.10. The molecule has 0 radical (unpaired) electrons. The largest absolute Gasteiger partial charge is 0.447 e. The number of hydrogen-bond donors (Lipinski definition) is 2. The van der Waals surface area contributed by atoms with Crippen molar-refractivity contribution in [2.45, 2.75) is 26.5 Å². The number of aromatic nitrogens is 4. The maximum absolute atomic E-state index is 11.7. The number of carbonyl (C=O) groups excluding carboxylic acids is 1. The Morgan fingerprint density at radius 1 is 1.28 bits per heavy atom. The fourth-order valence-electron chi connectivity index (χ4n) is 2.16. The van der Waals surface area contributed by atoms with Crippen molar-refractivity contribution < 1.29 is 9.53 Å². The van der Waals surface area contributed by atoms with Gasteiger partial charge in [0, 0.05) is 23.4 Å². The second kappa shape index (κ2) is 7.47. The zero-order chi connectivity index (χ0) is 17.8. The molecular formula is C16H17BrN6O2. The van der Waals surface area contributed by atoms with E-state index in [0.29, 0.717) is 18.0 Å². The molecule has 1 aromatic carbocycles. The minimum Gasteiger partial charge on any atom is -0.447 e. The second-order valence-corrected chi connectivity index (χ2v) is 6.47. The average Bonchev–Trinajstić information content (AvgIpc) is 2.97. The third kappa shape index (κ3) is 4.24. The molecule has 0 aliphatic rings. The van der Waals surface area contributed by atoms with Gasteiger partial charge in [0.1, 0.15) is 0 Å². The first-order valence-electron chi connectivity index (χ1n) is 7.68. The Labute approximate surface area is 152 Å². The lowest BCUT2D eigenvalue weighted by molar-refractivity contribution is 0.129. The molecule has 2 aromatic heterocycles. The maximum atomic E-state index is 11.7. The number of hydrogen-bond acceptors (Lipinski definition) is 6. The fourth-order valence-corrected chi connectivity index (χ4v) is 2.42. The molecule has 8 nitrogen and oxygen atoms in total. The van der Waals surface area contributed by atoms with Crippen LogP contribution in [0.5, 0.6) is 0 Å². The van der Waals surface area contributed by atoms with Crippen molar-refractivity contribution in [2.24, 2.45) is 0 Å². The van der Waals surface area contributed by atoms with Gasteiger partial charge in [-0.05, 0) is 31.5 Å². The molecule has 0 saturated heterocycles. The number of halogens is 1. The highest BCUT2D eigenvalue weighted by Crippen LogP contribution is 2.17. The van der Waals surface area contributed by atoms with Gasteiger partial charge in [-0.2, -0.15) is 0 Å². The van der Waals surface area contributed by atoms with E-state index in [1.54, 1.807) is 30.6 Å². The summed E-state index contributed by atoms with van der Waals surface area (Å²) in [5.41, 5.74) is 1.62.